The molecule has 39 heavy (non-hydrogen) atoms. The zero-order chi connectivity index (χ0) is 27.6. The summed E-state index contributed by atoms with van der Waals surface area (Å²) in [6, 6.07) is 12.8. The van der Waals surface area contributed by atoms with Crippen LogP contribution in [-0.4, -0.2) is 34.2 Å². The van der Waals surface area contributed by atoms with Crippen LogP contribution in [0.25, 0.3) is 10.2 Å². The highest BCUT2D eigenvalue weighted by Crippen LogP contribution is 2.37. The van der Waals surface area contributed by atoms with Crippen LogP contribution in [0.4, 0.5) is 13.9 Å². The Morgan fingerprint density at radius 1 is 0.974 bits per heavy atom. The number of hydrogen-bond donors (Lipinski definition) is 0. The van der Waals surface area contributed by atoms with Crippen LogP contribution in [0, 0.1) is 17.6 Å². The van der Waals surface area contributed by atoms with Crippen molar-refractivity contribution in [1.29, 1.82) is 0 Å². The zero-order valence-electron chi connectivity index (χ0n) is 21.5. The maximum absolute atomic E-state index is 14.8. The molecule has 0 spiro atoms. The summed E-state index contributed by atoms with van der Waals surface area (Å²) in [4.78, 5) is 3.91. The Morgan fingerprint density at radius 2 is 1.74 bits per heavy atom. The lowest BCUT2D eigenvalue weighted by Crippen LogP contribution is -2.31. The van der Waals surface area contributed by atoms with E-state index in [1.165, 1.54) is 27.1 Å². The van der Waals surface area contributed by atoms with Crippen LogP contribution in [0.2, 0.25) is 0 Å². The molecule has 4 aromatic rings. The predicted molar refractivity (Wildman–Crippen MR) is 146 cm³/mol. The van der Waals surface area contributed by atoms with Gasteiger partial charge in [0.2, 0.25) is 5.13 Å². The van der Waals surface area contributed by atoms with Gasteiger partial charge in [-0.2, -0.15) is 0 Å². The summed E-state index contributed by atoms with van der Waals surface area (Å²) in [5.41, 5.74) is 1.08. The third-order valence-corrected chi connectivity index (χ3v) is 9.72. The summed E-state index contributed by atoms with van der Waals surface area (Å²) in [6.45, 7) is 0.427. The number of fused-ring (bicyclic) bond motifs is 1. The minimum atomic E-state index is -4.50. The second-order valence-electron chi connectivity index (χ2n) is 9.35. The predicted octanol–water partition coefficient (Wildman–Crippen LogP) is 6.56. The number of halogens is 2. The topological polar surface area (TPSA) is 78.0 Å². The van der Waals surface area contributed by atoms with Crippen molar-refractivity contribution in [2.75, 3.05) is 25.1 Å². The van der Waals surface area contributed by atoms with Crippen LogP contribution < -0.4 is 18.5 Å². The minimum Gasteiger partial charge on any atom is -0.497 e. The molecule has 11 heteroatoms. The number of ether oxygens (including phenoxy) is 3. The monoisotopic (exact) mass is 574 g/mol. The first-order valence-electron chi connectivity index (χ1n) is 12.5. The fourth-order valence-corrected chi connectivity index (χ4v) is 7.32. The molecule has 3 aromatic carbocycles. The van der Waals surface area contributed by atoms with Crippen molar-refractivity contribution in [3.63, 3.8) is 0 Å². The highest BCUT2D eigenvalue weighted by Gasteiger charge is 2.31. The van der Waals surface area contributed by atoms with Gasteiger partial charge < -0.3 is 14.2 Å². The van der Waals surface area contributed by atoms with E-state index < -0.39 is 26.6 Å². The van der Waals surface area contributed by atoms with Crippen molar-refractivity contribution in [2.24, 2.45) is 5.92 Å². The van der Waals surface area contributed by atoms with Crippen LogP contribution >= 0.6 is 11.3 Å². The molecule has 0 radical (unpaired) electrons. The number of aromatic nitrogens is 1. The molecule has 1 fully saturated rings. The van der Waals surface area contributed by atoms with Crippen molar-refractivity contribution >= 4 is 36.7 Å². The molecule has 206 valence electrons. The molecule has 5 rings (SSSR count). The summed E-state index contributed by atoms with van der Waals surface area (Å²) in [7, 11) is -1.53. The molecule has 1 aromatic heterocycles. The average Bonchev–Trinajstić information content (AvgIpc) is 3.59. The molecular weight excluding hydrogens is 546 g/mol. The number of methoxy groups -OCH3 is 2. The lowest BCUT2D eigenvalue weighted by Gasteiger charge is -2.23. The van der Waals surface area contributed by atoms with Crippen LogP contribution in [-0.2, 0) is 16.6 Å². The summed E-state index contributed by atoms with van der Waals surface area (Å²) in [5, 5.41) is 0.125. The van der Waals surface area contributed by atoms with Gasteiger partial charge in [-0.25, -0.2) is 26.5 Å². The smallest absolute Gasteiger partial charge is 0.269 e. The summed E-state index contributed by atoms with van der Waals surface area (Å²) in [5.74, 6) is 0.0757. The van der Waals surface area contributed by atoms with E-state index in [0.29, 0.717) is 46.9 Å². The first kappa shape index (κ1) is 27.1. The van der Waals surface area contributed by atoms with Gasteiger partial charge in [0, 0.05) is 17.7 Å². The fraction of sp³-hybridized carbons (Fsp3) is 0.321. The van der Waals surface area contributed by atoms with Gasteiger partial charge in [-0.15, -0.1) is 0 Å². The van der Waals surface area contributed by atoms with E-state index in [0.717, 1.165) is 45.3 Å². The average molecular weight is 575 g/mol. The van der Waals surface area contributed by atoms with Crippen molar-refractivity contribution in [2.45, 2.75) is 37.1 Å². The van der Waals surface area contributed by atoms with Crippen LogP contribution in [0.1, 0.15) is 31.2 Å². The van der Waals surface area contributed by atoms with Crippen LogP contribution in [0.3, 0.4) is 0 Å². The van der Waals surface area contributed by atoms with E-state index in [1.807, 2.05) is 12.1 Å². The molecule has 1 aliphatic carbocycles. The van der Waals surface area contributed by atoms with Gasteiger partial charge in [0.15, 0.2) is 0 Å². The maximum Gasteiger partial charge on any atom is 0.269 e. The lowest BCUT2D eigenvalue weighted by atomic mass is 10.1. The summed E-state index contributed by atoms with van der Waals surface area (Å²) in [6.07, 6.45) is 4.77. The van der Waals surface area contributed by atoms with Crippen molar-refractivity contribution in [3.8, 4) is 17.2 Å². The van der Waals surface area contributed by atoms with Crippen molar-refractivity contribution < 1.29 is 31.4 Å². The van der Waals surface area contributed by atoms with Gasteiger partial charge >= 0.3 is 0 Å². The first-order chi connectivity index (χ1) is 18.8. The van der Waals surface area contributed by atoms with E-state index in [2.05, 4.69) is 4.98 Å². The zero-order valence-corrected chi connectivity index (χ0v) is 23.2. The second-order valence-corrected chi connectivity index (χ2v) is 12.2. The molecule has 0 bridgehead atoms. The number of sulfonamides is 1. The van der Waals surface area contributed by atoms with E-state index in [1.54, 1.807) is 24.3 Å². The number of nitrogens with zero attached hydrogens (tertiary/aromatic N) is 2. The van der Waals surface area contributed by atoms with E-state index in [4.69, 9.17) is 14.2 Å². The molecule has 0 N–H and O–H groups in total. The Kier molecular flexibility index (Phi) is 7.90. The number of hydrogen-bond acceptors (Lipinski definition) is 7. The highest BCUT2D eigenvalue weighted by molar-refractivity contribution is 7.93. The summed E-state index contributed by atoms with van der Waals surface area (Å²) >= 11 is 1.14. The van der Waals surface area contributed by atoms with Crippen LogP contribution in [0.15, 0.2) is 59.5 Å². The molecule has 0 unspecified atom stereocenters. The highest BCUT2D eigenvalue weighted by atomic mass is 32.2. The number of benzene rings is 3. The Bertz CT molecular complexity index is 1590. The van der Waals surface area contributed by atoms with Crippen molar-refractivity contribution in [1.82, 2.24) is 4.98 Å². The van der Waals surface area contributed by atoms with Crippen LogP contribution in [0.5, 0.6) is 17.2 Å². The Morgan fingerprint density at radius 3 is 2.46 bits per heavy atom. The molecule has 7 nitrogen and oxygen atoms in total. The minimum absolute atomic E-state index is 0.125. The molecule has 0 aliphatic heterocycles. The van der Waals surface area contributed by atoms with Gasteiger partial charge in [0.1, 0.15) is 33.8 Å². The lowest BCUT2D eigenvalue weighted by molar-refractivity contribution is 0.252. The third kappa shape index (κ3) is 5.79. The van der Waals surface area contributed by atoms with Gasteiger partial charge in [0.25, 0.3) is 10.0 Å². The molecule has 0 amide bonds. The van der Waals surface area contributed by atoms with E-state index in [-0.39, 0.29) is 11.7 Å². The molecule has 1 aliphatic rings. The van der Waals surface area contributed by atoms with Gasteiger partial charge in [0.05, 0.1) is 37.6 Å². The maximum atomic E-state index is 14.8. The molecule has 1 heterocycles. The Balaban J connectivity index is 1.54. The van der Waals surface area contributed by atoms with Gasteiger partial charge in [-0.1, -0.05) is 24.2 Å². The summed E-state index contributed by atoms with van der Waals surface area (Å²) < 4.78 is 74.5. The molecule has 0 atom stereocenters. The SMILES string of the molecule is COc1ccc(CN(c2nc3ccc(OCC4CCCC4)cc3s2)S(=O)(=O)c2ccc(F)cc2F)c(OC)c1. The Hall–Kier alpha value is -3.44. The number of rotatable bonds is 10. The molecule has 1 saturated carbocycles. The molecule has 0 saturated heterocycles. The first-order valence-corrected chi connectivity index (χ1v) is 14.8. The number of anilines is 1. The van der Waals surface area contributed by atoms with Gasteiger partial charge in [-0.05, 0) is 61.2 Å². The fourth-order valence-electron chi connectivity index (χ4n) is 4.68. The van der Waals surface area contributed by atoms with E-state index >= 15 is 0 Å². The molecular formula is C28H28F2N2O5S2. The largest absolute Gasteiger partial charge is 0.497 e. The van der Waals surface area contributed by atoms with Gasteiger partial charge in [-0.3, -0.25) is 0 Å². The second kappa shape index (κ2) is 11.4. The quantitative estimate of drug-likeness (QED) is 0.214. The normalized spacial score (nSPS) is 14.1. The standard InChI is InChI=1S/C28H28F2N2O5S2/c1-35-21-9-7-19(25(14-21)36-2)16-32(39(33,34)27-12-8-20(29)13-23(27)30)28-31-24-11-10-22(15-26(24)38-28)37-17-18-5-3-4-6-18/h7-15,18H,3-6,16-17H2,1-2H3. The van der Waals surface area contributed by atoms with Crippen molar-refractivity contribution in [3.05, 3.63) is 71.8 Å². The third-order valence-electron chi connectivity index (χ3n) is 6.79. The van der Waals surface area contributed by atoms with E-state index in [9.17, 15) is 17.2 Å². The Labute approximate surface area is 230 Å². The number of thiazole rings is 1.